The van der Waals surface area contributed by atoms with Crippen LogP contribution in [0.2, 0.25) is 0 Å². The first-order valence-electron chi connectivity index (χ1n) is 8.23. The van der Waals surface area contributed by atoms with E-state index in [4.69, 9.17) is 14.2 Å². The predicted molar refractivity (Wildman–Crippen MR) is 92.4 cm³/mol. The van der Waals surface area contributed by atoms with Gasteiger partial charge in [0.05, 0.1) is 37.8 Å². The number of benzene rings is 1. The van der Waals surface area contributed by atoms with Crippen LogP contribution in [-0.2, 0) is 28.6 Å². The Morgan fingerprint density at radius 3 is 2.27 bits per heavy atom. The van der Waals surface area contributed by atoms with Crippen LogP contribution in [0, 0.1) is 0 Å². The summed E-state index contributed by atoms with van der Waals surface area (Å²) < 4.78 is 15.1. The maximum absolute atomic E-state index is 12.4. The van der Waals surface area contributed by atoms with E-state index in [2.05, 4.69) is 0 Å². The Kier molecular flexibility index (Phi) is 5.22. The van der Waals surface area contributed by atoms with Crippen molar-refractivity contribution in [3.05, 3.63) is 35.5 Å². The largest absolute Gasteiger partial charge is 0.466 e. The predicted octanol–water partition coefficient (Wildman–Crippen LogP) is 1.21. The van der Waals surface area contributed by atoms with Crippen molar-refractivity contribution in [2.24, 2.45) is 0 Å². The molecule has 0 radical (unpaired) electrons. The molecule has 0 aromatic heterocycles. The number of esters is 2. The van der Waals surface area contributed by atoms with Gasteiger partial charge in [0, 0.05) is 13.0 Å². The number of hydrogen-bond donors (Lipinski definition) is 0. The van der Waals surface area contributed by atoms with Crippen LogP contribution in [0.5, 0.6) is 0 Å². The van der Waals surface area contributed by atoms with Crippen molar-refractivity contribution in [1.82, 2.24) is 0 Å². The topological polar surface area (TPSA) is 85.4 Å². The average Bonchev–Trinajstić information content (AvgIpc) is 3.11. The number of amides is 1. The van der Waals surface area contributed by atoms with Crippen molar-refractivity contribution in [3.8, 4) is 0 Å². The van der Waals surface area contributed by atoms with Crippen LogP contribution in [0.25, 0.3) is 0 Å². The van der Waals surface area contributed by atoms with Gasteiger partial charge in [-0.1, -0.05) is 12.1 Å². The second-order valence-corrected chi connectivity index (χ2v) is 5.85. The minimum absolute atomic E-state index is 0.0205. The van der Waals surface area contributed by atoms with Crippen LogP contribution in [0.3, 0.4) is 0 Å². The maximum Gasteiger partial charge on any atom is 0.355 e. The summed E-state index contributed by atoms with van der Waals surface area (Å²) in [7, 11) is 2.48. The van der Waals surface area contributed by atoms with Crippen molar-refractivity contribution in [2.75, 3.05) is 43.9 Å². The number of methoxy groups -OCH3 is 2. The summed E-state index contributed by atoms with van der Waals surface area (Å²) in [5, 5.41) is 0. The first-order valence-corrected chi connectivity index (χ1v) is 8.23. The highest BCUT2D eigenvalue weighted by Crippen LogP contribution is 2.36. The molecule has 0 N–H and O–H groups in total. The van der Waals surface area contributed by atoms with Crippen molar-refractivity contribution in [3.63, 3.8) is 0 Å². The van der Waals surface area contributed by atoms with Gasteiger partial charge in [0.15, 0.2) is 0 Å². The van der Waals surface area contributed by atoms with E-state index in [9.17, 15) is 14.4 Å². The van der Waals surface area contributed by atoms with Gasteiger partial charge < -0.3 is 24.0 Å². The van der Waals surface area contributed by atoms with Gasteiger partial charge in [-0.15, -0.1) is 0 Å². The summed E-state index contributed by atoms with van der Waals surface area (Å²) in [4.78, 5) is 39.9. The van der Waals surface area contributed by atoms with Gasteiger partial charge in [-0.2, -0.15) is 0 Å². The van der Waals surface area contributed by atoms with Crippen LogP contribution in [0.1, 0.15) is 12.8 Å². The third-order valence-corrected chi connectivity index (χ3v) is 4.37. The van der Waals surface area contributed by atoms with Crippen LogP contribution in [0.15, 0.2) is 35.5 Å². The average molecular weight is 360 g/mol. The molecule has 0 bridgehead atoms. The van der Waals surface area contributed by atoms with Crippen molar-refractivity contribution in [1.29, 1.82) is 0 Å². The lowest BCUT2D eigenvalue weighted by atomic mass is 10.1. The molecule has 2 aliphatic rings. The minimum Gasteiger partial charge on any atom is -0.466 e. The first-order chi connectivity index (χ1) is 12.6. The fourth-order valence-electron chi connectivity index (χ4n) is 3.16. The number of carbonyl (C=O) groups is 3. The fourth-order valence-corrected chi connectivity index (χ4v) is 3.16. The normalized spacial score (nSPS) is 17.5. The van der Waals surface area contributed by atoms with E-state index in [1.807, 2.05) is 6.07 Å². The molecule has 0 spiro atoms. The molecule has 0 aliphatic carbocycles. The van der Waals surface area contributed by atoms with Gasteiger partial charge in [-0.05, 0) is 18.6 Å². The number of hydrogen-bond acceptors (Lipinski definition) is 7. The zero-order chi connectivity index (χ0) is 18.7. The van der Waals surface area contributed by atoms with Gasteiger partial charge >= 0.3 is 11.9 Å². The molecule has 26 heavy (non-hydrogen) atoms. The molecule has 0 unspecified atom stereocenters. The summed E-state index contributed by atoms with van der Waals surface area (Å²) in [6.07, 6.45) is 1.26. The molecule has 1 amide bonds. The zero-order valence-electron chi connectivity index (χ0n) is 14.7. The second kappa shape index (κ2) is 7.57. The molecule has 1 aromatic rings. The van der Waals surface area contributed by atoms with Crippen LogP contribution in [0.4, 0.5) is 11.4 Å². The van der Waals surface area contributed by atoms with Crippen molar-refractivity contribution >= 4 is 29.2 Å². The molecule has 1 aromatic carbocycles. The second-order valence-electron chi connectivity index (χ2n) is 5.85. The highest BCUT2D eigenvalue weighted by atomic mass is 16.5. The number of carbonyl (C=O) groups excluding carboxylic acids is 3. The number of para-hydroxylation sites is 2. The van der Waals surface area contributed by atoms with E-state index >= 15 is 0 Å². The molecule has 1 saturated heterocycles. The van der Waals surface area contributed by atoms with E-state index in [1.54, 1.807) is 28.0 Å². The number of rotatable bonds is 4. The highest BCUT2D eigenvalue weighted by Gasteiger charge is 2.34. The van der Waals surface area contributed by atoms with Crippen LogP contribution in [-0.4, -0.2) is 51.9 Å². The minimum atomic E-state index is -0.670. The van der Waals surface area contributed by atoms with E-state index in [1.165, 1.54) is 14.2 Å². The molecular weight excluding hydrogens is 340 g/mol. The van der Waals surface area contributed by atoms with E-state index in [0.717, 1.165) is 6.42 Å². The number of ether oxygens (including phenoxy) is 3. The third kappa shape index (κ3) is 3.15. The Morgan fingerprint density at radius 1 is 1.04 bits per heavy atom. The quantitative estimate of drug-likeness (QED) is 0.746. The SMILES string of the molecule is COC(=O)C1=C(C(=O)OC)N(c2ccccc2N2CCCC2=O)COC1. The van der Waals surface area contributed by atoms with Gasteiger partial charge in [-0.25, -0.2) is 9.59 Å². The standard InChI is InChI=1S/C18H20N2O6/c1-24-17(22)12-10-26-11-20(16(12)18(23)25-2)14-7-4-3-6-13(14)19-9-5-8-15(19)21/h3-4,6-7H,5,8-11H2,1-2H3. The lowest BCUT2D eigenvalue weighted by Gasteiger charge is -2.33. The van der Waals surface area contributed by atoms with E-state index in [0.29, 0.717) is 24.3 Å². The molecule has 3 rings (SSSR count). The Balaban J connectivity index is 2.11. The molecular formula is C18H20N2O6. The Bertz CT molecular complexity index is 773. The Hall–Kier alpha value is -2.87. The molecule has 138 valence electrons. The van der Waals surface area contributed by atoms with Crippen LogP contribution < -0.4 is 9.80 Å². The molecule has 1 fully saturated rings. The monoisotopic (exact) mass is 360 g/mol. The van der Waals surface area contributed by atoms with Gasteiger partial charge in [-0.3, -0.25) is 4.79 Å². The van der Waals surface area contributed by atoms with E-state index in [-0.39, 0.29) is 30.5 Å². The summed E-state index contributed by atoms with van der Waals surface area (Å²) in [6.45, 7) is 0.591. The molecule has 8 nitrogen and oxygen atoms in total. The van der Waals surface area contributed by atoms with E-state index < -0.39 is 11.9 Å². The van der Waals surface area contributed by atoms with Crippen molar-refractivity contribution in [2.45, 2.75) is 12.8 Å². The third-order valence-electron chi connectivity index (χ3n) is 4.37. The molecule has 0 saturated carbocycles. The summed E-state index contributed by atoms with van der Waals surface area (Å²) in [6, 6.07) is 7.19. The smallest absolute Gasteiger partial charge is 0.355 e. The number of nitrogens with zero attached hydrogens (tertiary/aromatic N) is 2. The lowest BCUT2D eigenvalue weighted by Crippen LogP contribution is -2.39. The Morgan fingerprint density at radius 2 is 1.69 bits per heavy atom. The summed E-state index contributed by atoms with van der Waals surface area (Å²) in [5.74, 6) is -1.31. The number of anilines is 2. The summed E-state index contributed by atoms with van der Waals surface area (Å²) in [5.41, 5.74) is 1.38. The Labute approximate surface area is 150 Å². The molecule has 2 aliphatic heterocycles. The fraction of sp³-hybridized carbons (Fsp3) is 0.389. The maximum atomic E-state index is 12.4. The summed E-state index contributed by atoms with van der Waals surface area (Å²) >= 11 is 0. The molecule has 2 heterocycles. The zero-order valence-corrected chi connectivity index (χ0v) is 14.7. The highest BCUT2D eigenvalue weighted by molar-refractivity contribution is 6.05. The van der Waals surface area contributed by atoms with Gasteiger partial charge in [0.1, 0.15) is 12.4 Å². The first kappa shape index (κ1) is 17.9. The van der Waals surface area contributed by atoms with Gasteiger partial charge in [0.2, 0.25) is 5.91 Å². The lowest BCUT2D eigenvalue weighted by molar-refractivity contribution is -0.140. The van der Waals surface area contributed by atoms with Crippen LogP contribution >= 0.6 is 0 Å². The van der Waals surface area contributed by atoms with Crippen molar-refractivity contribution < 1.29 is 28.6 Å². The van der Waals surface area contributed by atoms with Gasteiger partial charge in [0.25, 0.3) is 0 Å². The molecule has 8 heteroatoms. The molecule has 0 atom stereocenters.